The van der Waals surface area contributed by atoms with E-state index in [9.17, 15) is 13.2 Å². The summed E-state index contributed by atoms with van der Waals surface area (Å²) in [5.74, 6) is -0.0589. The van der Waals surface area contributed by atoms with Crippen molar-refractivity contribution in [3.63, 3.8) is 0 Å². The monoisotopic (exact) mass is 477 g/mol. The zero-order valence-electron chi connectivity index (χ0n) is 17.8. The topological polar surface area (TPSA) is 79.4 Å². The van der Waals surface area contributed by atoms with Gasteiger partial charge in [-0.15, -0.1) is 11.3 Å². The van der Waals surface area contributed by atoms with Gasteiger partial charge in [-0.2, -0.15) is 0 Å². The van der Waals surface area contributed by atoms with E-state index in [0.29, 0.717) is 17.8 Å². The third kappa shape index (κ3) is 4.49. The quantitative estimate of drug-likeness (QED) is 0.414. The minimum Gasteiger partial charge on any atom is -0.329 e. The van der Waals surface area contributed by atoms with Crippen molar-refractivity contribution >= 4 is 43.2 Å². The smallest absolute Gasteiger partial charge is 0.261 e. The average molecular weight is 478 g/mol. The number of likely N-dealkylation sites (tertiary alicyclic amines) is 1. The van der Waals surface area contributed by atoms with E-state index in [1.165, 1.54) is 0 Å². The minimum absolute atomic E-state index is 0.0418. The summed E-state index contributed by atoms with van der Waals surface area (Å²) >= 11 is 1.65. The predicted molar refractivity (Wildman–Crippen MR) is 131 cm³/mol. The van der Waals surface area contributed by atoms with Gasteiger partial charge in [-0.1, -0.05) is 30.3 Å². The first-order valence-electron chi connectivity index (χ1n) is 10.9. The molecule has 0 saturated carbocycles. The van der Waals surface area contributed by atoms with Crippen molar-refractivity contribution in [1.82, 2.24) is 9.88 Å². The summed E-state index contributed by atoms with van der Waals surface area (Å²) in [5, 5.41) is 0.969. The number of rotatable bonds is 5. The van der Waals surface area contributed by atoms with Crippen molar-refractivity contribution < 1.29 is 13.2 Å². The van der Waals surface area contributed by atoms with E-state index in [0.717, 1.165) is 34.5 Å². The van der Waals surface area contributed by atoms with Crippen molar-refractivity contribution in [3.05, 3.63) is 89.4 Å². The summed E-state index contributed by atoms with van der Waals surface area (Å²) in [6.45, 7) is 0.682. The number of para-hydroxylation sites is 1. The van der Waals surface area contributed by atoms with Crippen molar-refractivity contribution in [1.29, 1.82) is 0 Å². The normalized spacial score (nSPS) is 16.6. The van der Waals surface area contributed by atoms with Gasteiger partial charge in [-0.3, -0.25) is 9.52 Å². The largest absolute Gasteiger partial charge is 0.329 e. The second-order valence-electron chi connectivity index (χ2n) is 8.03. The van der Waals surface area contributed by atoms with Crippen molar-refractivity contribution in [2.24, 2.45) is 0 Å². The standard InChI is InChI=1S/C25H23N3O3S2/c29-25(18-13-15-19(16-14-18)27-33(30,31)20-8-2-1-3-9-20)28-17-7-6-11-22(28)24-26-21-10-4-5-12-23(21)32-24/h1-5,8-10,12-16,22,27H,6-7,11,17H2. The fraction of sp³-hybridized carbons (Fsp3) is 0.200. The predicted octanol–water partition coefficient (Wildman–Crippen LogP) is 5.46. The zero-order chi connectivity index (χ0) is 22.8. The Morgan fingerprint density at radius 3 is 2.42 bits per heavy atom. The lowest BCUT2D eigenvalue weighted by Gasteiger charge is -2.34. The number of benzene rings is 3. The Morgan fingerprint density at radius 1 is 0.939 bits per heavy atom. The highest BCUT2D eigenvalue weighted by Crippen LogP contribution is 2.36. The van der Waals surface area contributed by atoms with Crippen molar-refractivity contribution in [3.8, 4) is 0 Å². The molecule has 168 valence electrons. The maximum absolute atomic E-state index is 13.4. The molecule has 1 aliphatic heterocycles. The maximum atomic E-state index is 13.4. The molecule has 33 heavy (non-hydrogen) atoms. The number of carbonyl (C=O) groups is 1. The number of aromatic nitrogens is 1. The molecule has 1 unspecified atom stereocenters. The highest BCUT2D eigenvalue weighted by atomic mass is 32.2. The third-order valence-corrected chi connectivity index (χ3v) is 8.33. The molecule has 1 saturated heterocycles. The summed E-state index contributed by atoms with van der Waals surface area (Å²) < 4.78 is 28.8. The SMILES string of the molecule is O=C(c1ccc(NS(=O)(=O)c2ccccc2)cc1)N1CCCCC1c1nc2ccccc2s1. The first-order chi connectivity index (χ1) is 16.0. The molecular formula is C25H23N3O3S2. The number of hydrogen-bond acceptors (Lipinski definition) is 5. The Hall–Kier alpha value is -3.23. The molecular weight excluding hydrogens is 454 g/mol. The van der Waals surface area contributed by atoms with Gasteiger partial charge in [0.1, 0.15) is 5.01 Å². The number of nitrogens with zero attached hydrogens (tertiary/aromatic N) is 2. The highest BCUT2D eigenvalue weighted by Gasteiger charge is 2.31. The van der Waals surface area contributed by atoms with Crippen LogP contribution < -0.4 is 4.72 Å². The first-order valence-corrected chi connectivity index (χ1v) is 13.2. The van der Waals surface area contributed by atoms with E-state index < -0.39 is 10.0 Å². The number of sulfonamides is 1. The third-order valence-electron chi connectivity index (χ3n) is 5.80. The van der Waals surface area contributed by atoms with Gasteiger partial charge < -0.3 is 4.90 Å². The second-order valence-corrected chi connectivity index (χ2v) is 10.8. The van der Waals surface area contributed by atoms with Crippen LogP contribution in [0.5, 0.6) is 0 Å². The molecule has 8 heteroatoms. The van der Waals surface area contributed by atoms with E-state index in [1.54, 1.807) is 65.9 Å². The number of thiazole rings is 1. The Labute approximate surface area is 197 Å². The van der Waals surface area contributed by atoms with E-state index in [2.05, 4.69) is 10.8 Å². The fourth-order valence-corrected chi connectivity index (χ4v) is 6.32. The van der Waals surface area contributed by atoms with Crippen LogP contribution in [0.2, 0.25) is 0 Å². The van der Waals surface area contributed by atoms with Crippen molar-refractivity contribution in [2.75, 3.05) is 11.3 Å². The fourth-order valence-electron chi connectivity index (χ4n) is 4.12. The molecule has 0 bridgehead atoms. The van der Waals surface area contributed by atoms with Gasteiger partial charge in [0.2, 0.25) is 0 Å². The first kappa shape index (κ1) is 21.6. The Kier molecular flexibility index (Phi) is 5.86. The number of hydrogen-bond donors (Lipinski definition) is 1. The zero-order valence-corrected chi connectivity index (χ0v) is 19.5. The minimum atomic E-state index is -3.68. The molecule has 3 aromatic carbocycles. The lowest BCUT2D eigenvalue weighted by Crippen LogP contribution is -2.38. The molecule has 0 spiro atoms. The summed E-state index contributed by atoms with van der Waals surface area (Å²) in [6.07, 6.45) is 2.91. The Morgan fingerprint density at radius 2 is 1.67 bits per heavy atom. The van der Waals surface area contributed by atoms with Gasteiger partial charge in [0, 0.05) is 17.8 Å². The summed E-state index contributed by atoms with van der Waals surface area (Å²) in [4.78, 5) is 20.3. The average Bonchev–Trinajstić information content (AvgIpc) is 3.29. The maximum Gasteiger partial charge on any atom is 0.261 e. The number of carbonyl (C=O) groups excluding carboxylic acids is 1. The molecule has 2 heterocycles. The molecule has 5 rings (SSSR count). The van der Waals surface area contributed by atoms with Crippen LogP contribution in [0.15, 0.2) is 83.8 Å². The van der Waals surface area contributed by atoms with Crippen LogP contribution in [0.1, 0.15) is 40.7 Å². The van der Waals surface area contributed by atoms with Gasteiger partial charge >= 0.3 is 0 Å². The summed E-state index contributed by atoms with van der Waals surface area (Å²) in [6, 6.07) is 22.8. The van der Waals surface area contributed by atoms with Crippen LogP contribution in [-0.2, 0) is 10.0 Å². The lowest BCUT2D eigenvalue weighted by molar-refractivity contribution is 0.0611. The number of amides is 1. The van der Waals surface area contributed by atoms with Gasteiger partial charge in [0.05, 0.1) is 21.2 Å². The molecule has 1 aromatic heterocycles. The van der Waals surface area contributed by atoms with Gasteiger partial charge in [0.15, 0.2) is 0 Å². The molecule has 0 radical (unpaired) electrons. The van der Waals surface area contributed by atoms with E-state index >= 15 is 0 Å². The van der Waals surface area contributed by atoms with Gasteiger partial charge in [-0.25, -0.2) is 13.4 Å². The molecule has 1 atom stereocenters. The van der Waals surface area contributed by atoms with Crippen LogP contribution in [0.3, 0.4) is 0 Å². The van der Waals surface area contributed by atoms with Crippen LogP contribution in [0, 0.1) is 0 Å². The van der Waals surface area contributed by atoms with Gasteiger partial charge in [0.25, 0.3) is 15.9 Å². The number of fused-ring (bicyclic) bond motifs is 1. The Balaban J connectivity index is 1.35. The molecule has 1 N–H and O–H groups in total. The van der Waals surface area contributed by atoms with E-state index in [1.807, 2.05) is 23.1 Å². The highest BCUT2D eigenvalue weighted by molar-refractivity contribution is 7.92. The number of anilines is 1. The lowest BCUT2D eigenvalue weighted by atomic mass is 10.0. The van der Waals surface area contributed by atoms with Crippen LogP contribution in [-0.4, -0.2) is 30.8 Å². The van der Waals surface area contributed by atoms with E-state index in [4.69, 9.17) is 4.98 Å². The van der Waals surface area contributed by atoms with Crippen LogP contribution >= 0.6 is 11.3 Å². The van der Waals surface area contributed by atoms with Crippen LogP contribution in [0.25, 0.3) is 10.2 Å². The Bertz CT molecular complexity index is 1350. The van der Waals surface area contributed by atoms with Crippen molar-refractivity contribution in [2.45, 2.75) is 30.2 Å². The second kappa shape index (κ2) is 8.96. The van der Waals surface area contributed by atoms with Crippen LogP contribution in [0.4, 0.5) is 5.69 Å². The van der Waals surface area contributed by atoms with E-state index in [-0.39, 0.29) is 16.8 Å². The molecule has 1 fully saturated rings. The summed E-state index contributed by atoms with van der Waals surface area (Å²) in [7, 11) is -3.68. The van der Waals surface area contributed by atoms with Gasteiger partial charge in [-0.05, 0) is 67.8 Å². The molecule has 0 aliphatic carbocycles. The summed E-state index contributed by atoms with van der Waals surface area (Å²) in [5.41, 5.74) is 1.91. The number of piperidine rings is 1. The molecule has 1 amide bonds. The number of nitrogens with one attached hydrogen (secondary N) is 1. The molecule has 4 aromatic rings. The molecule has 6 nitrogen and oxygen atoms in total. The molecule has 1 aliphatic rings.